The van der Waals surface area contributed by atoms with Gasteiger partial charge in [0, 0.05) is 17.0 Å². The Morgan fingerprint density at radius 3 is 2.80 bits per heavy atom. The van der Waals surface area contributed by atoms with Gasteiger partial charge in [0.25, 0.3) is 5.91 Å². The monoisotopic (exact) mass is 339 g/mol. The van der Waals surface area contributed by atoms with Crippen LogP contribution >= 0.6 is 0 Å². The van der Waals surface area contributed by atoms with Gasteiger partial charge in [-0.1, -0.05) is 18.2 Å². The number of para-hydroxylation sites is 1. The molecule has 7 heteroatoms. The Bertz CT molecular complexity index is 939. The molecule has 1 aromatic heterocycles. The number of rotatable bonds is 5. The molecule has 0 bridgehead atoms. The molecule has 0 saturated heterocycles. The second-order valence-corrected chi connectivity index (χ2v) is 6.31. The minimum Gasteiger partial charge on any atom is -0.452 e. The lowest BCUT2D eigenvalue weighted by Crippen LogP contribution is -2.48. The van der Waals surface area contributed by atoms with E-state index in [9.17, 15) is 19.6 Å². The molecule has 0 aliphatic heterocycles. The van der Waals surface area contributed by atoms with E-state index in [1.807, 2.05) is 0 Å². The van der Waals surface area contributed by atoms with Crippen LogP contribution in [0.2, 0.25) is 0 Å². The Kier molecular flexibility index (Phi) is 4.28. The molecule has 1 fully saturated rings. The molecule has 0 spiro atoms. The van der Waals surface area contributed by atoms with E-state index < -0.39 is 29.6 Å². The Morgan fingerprint density at radius 1 is 1.40 bits per heavy atom. The summed E-state index contributed by atoms with van der Waals surface area (Å²) in [5, 5.41) is 12.4. The molecule has 0 unspecified atom stereocenters. The summed E-state index contributed by atoms with van der Waals surface area (Å²) in [6, 6.07) is 10.1. The summed E-state index contributed by atoms with van der Waals surface area (Å²) in [5.41, 5.74) is -0.768. The minimum atomic E-state index is -0.944. The molecule has 1 amide bonds. The number of nitriles is 1. The van der Waals surface area contributed by atoms with Crippen LogP contribution in [0.1, 0.15) is 30.1 Å². The largest absolute Gasteiger partial charge is 0.452 e. The highest BCUT2D eigenvalue weighted by atomic mass is 16.5. The number of H-pyrrole nitrogens is 1. The topological polar surface area (TPSA) is 112 Å². The average molecular weight is 339 g/mol. The third-order valence-electron chi connectivity index (χ3n) is 4.33. The number of aromatic amines is 1. The van der Waals surface area contributed by atoms with Crippen molar-refractivity contribution in [2.45, 2.75) is 25.3 Å². The quantitative estimate of drug-likeness (QED) is 0.802. The zero-order valence-electron chi connectivity index (χ0n) is 13.7. The Balaban J connectivity index is 1.70. The number of aromatic nitrogens is 1. The van der Waals surface area contributed by atoms with E-state index in [0.717, 1.165) is 18.9 Å². The molecule has 1 atom stereocenters. The summed E-state index contributed by atoms with van der Waals surface area (Å²) in [7, 11) is 0. The lowest BCUT2D eigenvalue weighted by atomic mass is 9.98. The highest BCUT2D eigenvalue weighted by molar-refractivity contribution is 6.03. The van der Waals surface area contributed by atoms with E-state index in [1.165, 1.54) is 0 Å². The molecule has 3 rings (SSSR count). The van der Waals surface area contributed by atoms with Gasteiger partial charge >= 0.3 is 5.97 Å². The average Bonchev–Trinajstić information content (AvgIpc) is 3.44. The standard InChI is InChI=1S/C18H17N3O4/c1-18(10-19,11-6-7-11)21-16(23)9-25-17(24)13-8-15(22)20-14-5-3-2-4-12(13)14/h2-5,8,11H,6-7,9H2,1H3,(H,20,22)(H,21,23)/t18-/m1/s1. The lowest BCUT2D eigenvalue weighted by molar-refractivity contribution is -0.125. The number of hydrogen-bond acceptors (Lipinski definition) is 5. The minimum absolute atomic E-state index is 0.0948. The number of carbonyl (C=O) groups is 2. The Morgan fingerprint density at radius 2 is 2.12 bits per heavy atom. The SMILES string of the molecule is C[C@](C#N)(NC(=O)COC(=O)c1cc(=O)[nH]c2ccccc12)C1CC1. The second-order valence-electron chi connectivity index (χ2n) is 6.31. The van der Waals surface area contributed by atoms with Crippen molar-refractivity contribution in [2.24, 2.45) is 5.92 Å². The van der Waals surface area contributed by atoms with Crippen molar-refractivity contribution in [1.82, 2.24) is 10.3 Å². The van der Waals surface area contributed by atoms with E-state index in [2.05, 4.69) is 16.4 Å². The van der Waals surface area contributed by atoms with Crippen molar-refractivity contribution >= 4 is 22.8 Å². The third-order valence-corrected chi connectivity index (χ3v) is 4.33. The van der Waals surface area contributed by atoms with Gasteiger partial charge in [0.15, 0.2) is 6.61 Å². The van der Waals surface area contributed by atoms with Crippen LogP contribution in [0.3, 0.4) is 0 Å². The molecule has 2 N–H and O–H groups in total. The molecule has 2 aromatic rings. The summed E-state index contributed by atoms with van der Waals surface area (Å²) in [5.74, 6) is -1.17. The summed E-state index contributed by atoms with van der Waals surface area (Å²) in [6.45, 7) is 1.15. The number of nitrogens with one attached hydrogen (secondary N) is 2. The van der Waals surface area contributed by atoms with Crippen molar-refractivity contribution in [2.75, 3.05) is 6.61 Å². The first-order chi connectivity index (χ1) is 11.9. The van der Waals surface area contributed by atoms with Crippen molar-refractivity contribution in [3.63, 3.8) is 0 Å². The molecule has 1 aliphatic rings. The third kappa shape index (κ3) is 3.53. The van der Waals surface area contributed by atoms with Gasteiger partial charge in [-0.2, -0.15) is 5.26 Å². The maximum Gasteiger partial charge on any atom is 0.339 e. The molecule has 1 aromatic carbocycles. The highest BCUT2D eigenvalue weighted by Crippen LogP contribution is 2.39. The first-order valence-corrected chi connectivity index (χ1v) is 7.94. The molecular formula is C18H17N3O4. The molecule has 1 aliphatic carbocycles. The number of pyridine rings is 1. The Labute approximate surface area is 143 Å². The van der Waals surface area contributed by atoms with Crippen LogP contribution in [0.15, 0.2) is 35.1 Å². The Hall–Kier alpha value is -3.14. The van der Waals surface area contributed by atoms with Crippen molar-refractivity contribution in [3.05, 3.63) is 46.2 Å². The molecule has 128 valence electrons. The van der Waals surface area contributed by atoms with Crippen molar-refractivity contribution < 1.29 is 14.3 Å². The molecule has 25 heavy (non-hydrogen) atoms. The fourth-order valence-electron chi connectivity index (χ4n) is 2.79. The first kappa shape index (κ1) is 16.7. The number of benzene rings is 1. The van der Waals surface area contributed by atoms with E-state index >= 15 is 0 Å². The summed E-state index contributed by atoms with van der Waals surface area (Å²) in [6.07, 6.45) is 1.78. The number of nitrogens with zero attached hydrogens (tertiary/aromatic N) is 1. The smallest absolute Gasteiger partial charge is 0.339 e. The predicted octanol–water partition coefficient (Wildman–Crippen LogP) is 1.49. The van der Waals surface area contributed by atoms with Gasteiger partial charge in [0.05, 0.1) is 11.6 Å². The number of carbonyl (C=O) groups excluding carboxylic acids is 2. The van der Waals surface area contributed by atoms with Crippen LogP contribution in [0.4, 0.5) is 0 Å². The molecule has 1 saturated carbocycles. The maximum atomic E-state index is 12.3. The van der Waals surface area contributed by atoms with E-state index in [-0.39, 0.29) is 11.5 Å². The van der Waals surface area contributed by atoms with E-state index in [4.69, 9.17) is 4.74 Å². The fraction of sp³-hybridized carbons (Fsp3) is 0.333. The zero-order chi connectivity index (χ0) is 18.0. The zero-order valence-corrected chi connectivity index (χ0v) is 13.7. The predicted molar refractivity (Wildman–Crippen MR) is 89.7 cm³/mol. The number of hydrogen-bond donors (Lipinski definition) is 2. The lowest BCUT2D eigenvalue weighted by Gasteiger charge is -2.22. The number of ether oxygens (including phenoxy) is 1. The fourth-order valence-corrected chi connectivity index (χ4v) is 2.79. The highest BCUT2D eigenvalue weighted by Gasteiger charge is 2.43. The molecule has 0 radical (unpaired) electrons. The van der Waals surface area contributed by atoms with Crippen molar-refractivity contribution in [3.8, 4) is 6.07 Å². The summed E-state index contributed by atoms with van der Waals surface area (Å²) >= 11 is 0. The molecule has 7 nitrogen and oxygen atoms in total. The van der Waals surface area contributed by atoms with Gasteiger partial charge in [0.1, 0.15) is 5.54 Å². The number of amides is 1. The van der Waals surface area contributed by atoms with Crippen LogP contribution in [0.25, 0.3) is 10.9 Å². The van der Waals surface area contributed by atoms with Gasteiger partial charge < -0.3 is 15.0 Å². The van der Waals surface area contributed by atoms with Crippen LogP contribution < -0.4 is 10.9 Å². The van der Waals surface area contributed by atoms with Gasteiger partial charge in [-0.3, -0.25) is 9.59 Å². The first-order valence-electron chi connectivity index (χ1n) is 7.94. The summed E-state index contributed by atoms with van der Waals surface area (Å²) in [4.78, 5) is 38.6. The van der Waals surface area contributed by atoms with E-state index in [0.29, 0.717) is 10.9 Å². The normalized spacial score (nSPS) is 15.8. The summed E-state index contributed by atoms with van der Waals surface area (Å²) < 4.78 is 5.03. The van der Waals surface area contributed by atoms with Crippen LogP contribution in [0.5, 0.6) is 0 Å². The second kappa shape index (κ2) is 6.40. The van der Waals surface area contributed by atoms with E-state index in [1.54, 1.807) is 31.2 Å². The van der Waals surface area contributed by atoms with Gasteiger partial charge in [-0.05, 0) is 31.7 Å². The number of esters is 1. The number of fused-ring (bicyclic) bond motifs is 1. The molecular weight excluding hydrogens is 322 g/mol. The van der Waals surface area contributed by atoms with Gasteiger partial charge in [-0.25, -0.2) is 4.79 Å². The van der Waals surface area contributed by atoms with Crippen LogP contribution in [0, 0.1) is 17.2 Å². The molecule has 1 heterocycles. The van der Waals surface area contributed by atoms with Gasteiger partial charge in [0.2, 0.25) is 5.56 Å². The van der Waals surface area contributed by atoms with Crippen LogP contribution in [-0.4, -0.2) is 29.0 Å². The van der Waals surface area contributed by atoms with Crippen LogP contribution in [-0.2, 0) is 9.53 Å². The van der Waals surface area contributed by atoms with Gasteiger partial charge in [-0.15, -0.1) is 0 Å². The van der Waals surface area contributed by atoms with Crippen molar-refractivity contribution in [1.29, 1.82) is 5.26 Å². The maximum absolute atomic E-state index is 12.3.